The molecule has 0 atom stereocenters. The summed E-state index contributed by atoms with van der Waals surface area (Å²) >= 11 is 5.99. The van der Waals surface area contributed by atoms with Crippen molar-refractivity contribution < 1.29 is 18.7 Å². The highest BCUT2D eigenvalue weighted by Gasteiger charge is 2.15. The molecule has 0 radical (unpaired) electrons. The van der Waals surface area contributed by atoms with Crippen LogP contribution in [0.25, 0.3) is 22.7 Å². The number of oxazole rings is 1. The quantitative estimate of drug-likeness (QED) is 0.522. The summed E-state index contributed by atoms with van der Waals surface area (Å²) in [5.41, 5.74) is 2.78. The zero-order valence-corrected chi connectivity index (χ0v) is 15.1. The highest BCUT2D eigenvalue weighted by atomic mass is 35.5. The van der Waals surface area contributed by atoms with Gasteiger partial charge in [0.2, 0.25) is 5.89 Å². The van der Waals surface area contributed by atoms with Crippen LogP contribution < -0.4 is 4.74 Å². The molecule has 2 aromatic heterocycles. The van der Waals surface area contributed by atoms with Gasteiger partial charge in [0.15, 0.2) is 5.75 Å². The maximum absolute atomic E-state index is 13.4. The number of benzene rings is 2. The molecule has 27 heavy (non-hydrogen) atoms. The molecule has 1 N–H and O–H groups in total. The van der Waals surface area contributed by atoms with Gasteiger partial charge in [-0.25, -0.2) is 14.4 Å². The number of nitrogens with zero attached hydrogens (tertiary/aromatic N) is 3. The lowest BCUT2D eigenvalue weighted by Gasteiger charge is -2.05. The average molecular weight is 386 g/mol. The molecule has 0 amide bonds. The Morgan fingerprint density at radius 1 is 1.11 bits per heavy atom. The van der Waals surface area contributed by atoms with Crippen molar-refractivity contribution in [3.8, 4) is 29.0 Å². The van der Waals surface area contributed by atoms with E-state index in [4.69, 9.17) is 20.8 Å². The second-order valence-electron chi connectivity index (χ2n) is 6.00. The first kappa shape index (κ1) is 17.2. The van der Waals surface area contributed by atoms with Gasteiger partial charge in [-0.1, -0.05) is 11.6 Å². The second kappa shape index (κ2) is 6.51. The molecule has 0 spiro atoms. The van der Waals surface area contributed by atoms with E-state index in [1.165, 1.54) is 18.3 Å². The van der Waals surface area contributed by atoms with Crippen LogP contribution in [-0.4, -0.2) is 20.1 Å². The molecule has 8 heteroatoms. The summed E-state index contributed by atoms with van der Waals surface area (Å²) in [6, 6.07) is 7.24. The Morgan fingerprint density at radius 3 is 2.59 bits per heavy atom. The van der Waals surface area contributed by atoms with Gasteiger partial charge in [-0.3, -0.25) is 0 Å². The standard InChI is InChI=1S/C19H13ClFN3O3/c1-9-5-11(6-10(2)16(9)25)17-23-14-8-22-19(24-18(14)27-17)26-15-7-12(21)3-4-13(15)20/h3-8,25H,1-2H3. The number of phenols is 1. The molecule has 136 valence electrons. The van der Waals surface area contributed by atoms with E-state index in [1.54, 1.807) is 26.0 Å². The fourth-order valence-corrected chi connectivity index (χ4v) is 2.78. The zero-order valence-electron chi connectivity index (χ0n) is 14.3. The fourth-order valence-electron chi connectivity index (χ4n) is 2.63. The first-order chi connectivity index (χ1) is 12.9. The summed E-state index contributed by atoms with van der Waals surface area (Å²) in [5, 5.41) is 10.1. The maximum Gasteiger partial charge on any atom is 0.325 e. The molecular weight excluding hydrogens is 373 g/mol. The Bertz CT molecular complexity index is 1150. The molecule has 4 rings (SSSR count). The summed E-state index contributed by atoms with van der Waals surface area (Å²) in [6.45, 7) is 3.59. The van der Waals surface area contributed by atoms with Crippen LogP contribution >= 0.6 is 11.6 Å². The monoisotopic (exact) mass is 385 g/mol. The molecule has 0 bridgehead atoms. The van der Waals surface area contributed by atoms with Crippen molar-refractivity contribution in [2.24, 2.45) is 0 Å². The van der Waals surface area contributed by atoms with Crippen LogP contribution in [0.3, 0.4) is 0 Å². The van der Waals surface area contributed by atoms with Gasteiger partial charge in [0, 0.05) is 11.6 Å². The van der Waals surface area contributed by atoms with Crippen LogP contribution in [0.2, 0.25) is 5.02 Å². The maximum atomic E-state index is 13.4. The predicted octanol–water partition coefficient (Wildman–Crippen LogP) is 5.19. The van der Waals surface area contributed by atoms with Crippen LogP contribution in [0.4, 0.5) is 4.39 Å². The third-order valence-electron chi connectivity index (χ3n) is 3.96. The number of hydrogen-bond donors (Lipinski definition) is 1. The van der Waals surface area contributed by atoms with E-state index < -0.39 is 5.82 Å². The normalized spacial score (nSPS) is 11.1. The number of ether oxygens (including phenoxy) is 1. The van der Waals surface area contributed by atoms with Crippen molar-refractivity contribution in [1.29, 1.82) is 0 Å². The van der Waals surface area contributed by atoms with E-state index in [2.05, 4.69) is 15.0 Å². The number of rotatable bonds is 3. The molecular formula is C19H13ClFN3O3. The van der Waals surface area contributed by atoms with Crippen molar-refractivity contribution in [2.45, 2.75) is 13.8 Å². The van der Waals surface area contributed by atoms with Crippen molar-refractivity contribution in [1.82, 2.24) is 15.0 Å². The number of aromatic hydroxyl groups is 1. The van der Waals surface area contributed by atoms with E-state index in [9.17, 15) is 9.50 Å². The average Bonchev–Trinajstić information content (AvgIpc) is 3.06. The molecule has 2 heterocycles. The first-order valence-electron chi connectivity index (χ1n) is 7.98. The van der Waals surface area contributed by atoms with Crippen LogP contribution in [0.1, 0.15) is 11.1 Å². The number of phenolic OH excluding ortho intramolecular Hbond substituents is 1. The summed E-state index contributed by atoms with van der Waals surface area (Å²) in [5.74, 6) is 0.180. The van der Waals surface area contributed by atoms with E-state index in [1.807, 2.05) is 0 Å². The number of aryl methyl sites for hydroxylation is 2. The first-order valence-corrected chi connectivity index (χ1v) is 8.35. The van der Waals surface area contributed by atoms with Crippen LogP contribution in [0.5, 0.6) is 17.5 Å². The smallest absolute Gasteiger partial charge is 0.325 e. The Kier molecular flexibility index (Phi) is 4.16. The van der Waals surface area contributed by atoms with Crippen LogP contribution in [0, 0.1) is 19.7 Å². The van der Waals surface area contributed by atoms with Gasteiger partial charge < -0.3 is 14.3 Å². The molecule has 4 aromatic rings. The highest BCUT2D eigenvalue weighted by molar-refractivity contribution is 6.32. The number of halogens is 2. The van der Waals surface area contributed by atoms with Crippen LogP contribution in [0.15, 0.2) is 40.9 Å². The Balaban J connectivity index is 1.71. The third-order valence-corrected chi connectivity index (χ3v) is 4.27. The van der Waals surface area contributed by atoms with Gasteiger partial charge in [-0.05, 0) is 49.2 Å². The summed E-state index contributed by atoms with van der Waals surface area (Å²) in [7, 11) is 0. The SMILES string of the molecule is Cc1cc(-c2nc3cnc(Oc4cc(F)ccc4Cl)nc3o2)cc(C)c1O. The highest BCUT2D eigenvalue weighted by Crippen LogP contribution is 2.32. The van der Waals surface area contributed by atoms with Gasteiger partial charge >= 0.3 is 6.01 Å². The molecule has 6 nitrogen and oxygen atoms in total. The number of fused-ring (bicyclic) bond motifs is 1. The van der Waals surface area contributed by atoms with Gasteiger partial charge in [-0.15, -0.1) is 0 Å². The lowest BCUT2D eigenvalue weighted by Crippen LogP contribution is -1.92. The van der Waals surface area contributed by atoms with Gasteiger partial charge in [0.25, 0.3) is 5.71 Å². The van der Waals surface area contributed by atoms with Crippen molar-refractivity contribution in [3.63, 3.8) is 0 Å². The lowest BCUT2D eigenvalue weighted by molar-refractivity contribution is 0.436. The van der Waals surface area contributed by atoms with Crippen molar-refractivity contribution in [3.05, 3.63) is 58.5 Å². The van der Waals surface area contributed by atoms with E-state index in [0.717, 1.165) is 6.07 Å². The van der Waals surface area contributed by atoms with E-state index in [-0.39, 0.29) is 28.2 Å². The predicted molar refractivity (Wildman–Crippen MR) is 97.7 cm³/mol. The fraction of sp³-hybridized carbons (Fsp3) is 0.105. The lowest BCUT2D eigenvalue weighted by atomic mass is 10.1. The molecule has 0 unspecified atom stereocenters. The molecule has 2 aromatic carbocycles. The number of hydrogen-bond acceptors (Lipinski definition) is 6. The molecule has 0 fully saturated rings. The Labute approximate surface area is 158 Å². The Hall–Kier alpha value is -3.19. The minimum Gasteiger partial charge on any atom is -0.507 e. The van der Waals surface area contributed by atoms with Gasteiger partial charge in [-0.2, -0.15) is 4.98 Å². The van der Waals surface area contributed by atoms with E-state index in [0.29, 0.717) is 28.1 Å². The minimum absolute atomic E-state index is 0.0456. The summed E-state index contributed by atoms with van der Waals surface area (Å²) in [4.78, 5) is 12.6. The molecule has 0 aliphatic carbocycles. The zero-order chi connectivity index (χ0) is 19.1. The minimum atomic E-state index is -0.490. The Morgan fingerprint density at radius 2 is 1.85 bits per heavy atom. The molecule has 0 saturated heterocycles. The summed E-state index contributed by atoms with van der Waals surface area (Å²) in [6.07, 6.45) is 1.44. The molecule has 0 aliphatic rings. The molecule has 0 aliphatic heterocycles. The largest absolute Gasteiger partial charge is 0.507 e. The number of aromatic nitrogens is 3. The van der Waals surface area contributed by atoms with Gasteiger partial charge in [0.05, 0.1) is 11.2 Å². The third kappa shape index (κ3) is 3.29. The van der Waals surface area contributed by atoms with E-state index >= 15 is 0 Å². The second-order valence-corrected chi connectivity index (χ2v) is 6.40. The summed E-state index contributed by atoms with van der Waals surface area (Å²) < 4.78 is 24.5. The van der Waals surface area contributed by atoms with Crippen molar-refractivity contribution in [2.75, 3.05) is 0 Å². The van der Waals surface area contributed by atoms with Gasteiger partial charge in [0.1, 0.15) is 17.1 Å². The molecule has 0 saturated carbocycles. The van der Waals surface area contributed by atoms with Crippen LogP contribution in [-0.2, 0) is 0 Å². The topological polar surface area (TPSA) is 81.3 Å². The van der Waals surface area contributed by atoms with Crippen molar-refractivity contribution >= 4 is 22.8 Å².